The number of carboxylic acids is 1. The molecule has 1 N–H and O–H groups in total. The van der Waals surface area contributed by atoms with Crippen LogP contribution in [0.25, 0.3) is 6.08 Å². The molecule has 0 heterocycles. The Labute approximate surface area is 121 Å². The highest BCUT2D eigenvalue weighted by Gasteiger charge is 2.05. The molecule has 0 aliphatic rings. The van der Waals surface area contributed by atoms with Gasteiger partial charge in [-0.3, -0.25) is 4.99 Å². The maximum Gasteiger partial charge on any atom is 0.335 e. The van der Waals surface area contributed by atoms with Crippen molar-refractivity contribution in [1.29, 1.82) is 0 Å². The summed E-state index contributed by atoms with van der Waals surface area (Å²) in [5.74, 6) is -1.00. The van der Waals surface area contributed by atoms with Gasteiger partial charge in [0.05, 0.1) is 16.3 Å². The Morgan fingerprint density at radius 2 is 1.90 bits per heavy atom. The lowest BCUT2D eigenvalue weighted by molar-refractivity contribution is 0.0697. The number of nitrogens with zero attached hydrogens (tertiary/aromatic N) is 1. The van der Waals surface area contributed by atoms with Crippen LogP contribution in [0, 0.1) is 0 Å². The third kappa shape index (κ3) is 3.80. The first-order valence-electron chi connectivity index (χ1n) is 5.95. The van der Waals surface area contributed by atoms with Crippen molar-refractivity contribution in [3.63, 3.8) is 0 Å². The van der Waals surface area contributed by atoms with Gasteiger partial charge in [-0.1, -0.05) is 48.0 Å². The van der Waals surface area contributed by atoms with Gasteiger partial charge >= 0.3 is 5.97 Å². The molecule has 2 aromatic carbocycles. The molecule has 20 heavy (non-hydrogen) atoms. The lowest BCUT2D eigenvalue weighted by Gasteiger charge is -1.99. The number of allylic oxidation sites excluding steroid dienone is 1. The van der Waals surface area contributed by atoms with Crippen molar-refractivity contribution in [2.45, 2.75) is 0 Å². The molecule has 0 amide bonds. The van der Waals surface area contributed by atoms with Gasteiger partial charge in [0.2, 0.25) is 0 Å². The van der Waals surface area contributed by atoms with E-state index in [9.17, 15) is 4.79 Å². The third-order valence-electron chi connectivity index (χ3n) is 2.58. The van der Waals surface area contributed by atoms with E-state index in [0.29, 0.717) is 10.7 Å². The number of carboxylic acid groups (broad SMARTS) is 1. The minimum absolute atomic E-state index is 0.161. The van der Waals surface area contributed by atoms with Crippen LogP contribution in [-0.4, -0.2) is 17.3 Å². The van der Waals surface area contributed by atoms with Gasteiger partial charge in [0.25, 0.3) is 0 Å². The van der Waals surface area contributed by atoms with Gasteiger partial charge < -0.3 is 5.11 Å². The smallest absolute Gasteiger partial charge is 0.335 e. The molecular formula is C16H12ClNO2. The van der Waals surface area contributed by atoms with E-state index in [4.69, 9.17) is 16.7 Å². The zero-order valence-electron chi connectivity index (χ0n) is 10.5. The van der Waals surface area contributed by atoms with Crippen molar-refractivity contribution in [3.05, 3.63) is 70.8 Å². The molecule has 0 unspecified atom stereocenters. The number of rotatable bonds is 4. The van der Waals surface area contributed by atoms with Crippen LogP contribution in [-0.2, 0) is 0 Å². The summed E-state index contributed by atoms with van der Waals surface area (Å²) in [6.45, 7) is 0. The monoisotopic (exact) mass is 285 g/mol. The first-order chi connectivity index (χ1) is 9.66. The van der Waals surface area contributed by atoms with E-state index in [1.807, 2.05) is 36.4 Å². The summed E-state index contributed by atoms with van der Waals surface area (Å²) in [5.41, 5.74) is 1.65. The molecule has 2 rings (SSSR count). The Kier molecular flexibility index (Phi) is 4.69. The molecule has 0 spiro atoms. The lowest BCUT2D eigenvalue weighted by Crippen LogP contribution is -1.94. The van der Waals surface area contributed by atoms with Crippen molar-refractivity contribution >= 4 is 35.5 Å². The van der Waals surface area contributed by atoms with Crippen LogP contribution in [0.5, 0.6) is 0 Å². The van der Waals surface area contributed by atoms with Crippen molar-refractivity contribution in [2.24, 2.45) is 4.99 Å². The quantitative estimate of drug-likeness (QED) is 0.844. The number of carbonyl (C=O) groups is 1. The molecule has 4 heteroatoms. The zero-order valence-corrected chi connectivity index (χ0v) is 11.3. The number of halogens is 1. The highest BCUT2D eigenvalue weighted by atomic mass is 35.5. The van der Waals surface area contributed by atoms with Gasteiger partial charge in [-0.15, -0.1) is 0 Å². The maximum atomic E-state index is 10.9. The summed E-state index contributed by atoms with van der Waals surface area (Å²) < 4.78 is 0. The second-order valence-corrected chi connectivity index (χ2v) is 4.43. The van der Waals surface area contributed by atoms with Crippen molar-refractivity contribution in [2.75, 3.05) is 0 Å². The first kappa shape index (κ1) is 14.0. The molecule has 0 saturated carbocycles. The van der Waals surface area contributed by atoms with E-state index in [1.165, 1.54) is 18.2 Å². The average molecular weight is 286 g/mol. The van der Waals surface area contributed by atoms with Gasteiger partial charge in [-0.25, -0.2) is 4.79 Å². The number of aromatic carboxylic acids is 1. The van der Waals surface area contributed by atoms with E-state index in [2.05, 4.69) is 4.99 Å². The fourth-order valence-corrected chi connectivity index (χ4v) is 1.75. The Bertz CT molecular complexity index is 663. The normalized spacial score (nSPS) is 11.2. The molecule has 0 fully saturated rings. The zero-order chi connectivity index (χ0) is 14.4. The van der Waals surface area contributed by atoms with Crippen LogP contribution < -0.4 is 0 Å². The van der Waals surface area contributed by atoms with Crippen LogP contribution in [0.4, 0.5) is 5.69 Å². The van der Waals surface area contributed by atoms with Crippen molar-refractivity contribution in [3.8, 4) is 0 Å². The van der Waals surface area contributed by atoms with Gasteiger partial charge in [-0.05, 0) is 29.8 Å². The van der Waals surface area contributed by atoms with Crippen LogP contribution in [0.15, 0.2) is 59.6 Å². The average Bonchev–Trinajstić information content (AvgIpc) is 2.46. The number of hydrogen-bond acceptors (Lipinski definition) is 2. The Hall–Kier alpha value is -2.39. The summed E-state index contributed by atoms with van der Waals surface area (Å²) in [6.07, 6.45) is 5.26. The summed E-state index contributed by atoms with van der Waals surface area (Å²) >= 11 is 5.97. The van der Waals surface area contributed by atoms with Gasteiger partial charge in [0, 0.05) is 6.21 Å². The Balaban J connectivity index is 2.13. The molecule has 0 aliphatic carbocycles. The highest BCUT2D eigenvalue weighted by Crippen LogP contribution is 2.25. The minimum Gasteiger partial charge on any atom is -0.478 e. The van der Waals surface area contributed by atoms with Crippen LogP contribution in [0.1, 0.15) is 15.9 Å². The van der Waals surface area contributed by atoms with Crippen LogP contribution in [0.3, 0.4) is 0 Å². The standard InChI is InChI=1S/C16H12ClNO2/c17-14-9-8-13(16(19)20)11-15(14)18-10-4-7-12-5-2-1-3-6-12/h1-11H,(H,19,20)/b7-4+,18-10?. The largest absolute Gasteiger partial charge is 0.478 e. The Morgan fingerprint density at radius 1 is 1.15 bits per heavy atom. The molecule has 100 valence electrons. The van der Waals surface area contributed by atoms with Gasteiger partial charge in [0.1, 0.15) is 0 Å². The predicted octanol–water partition coefficient (Wildman–Crippen LogP) is 4.45. The second-order valence-electron chi connectivity index (χ2n) is 4.02. The highest BCUT2D eigenvalue weighted by molar-refractivity contribution is 6.33. The van der Waals surface area contributed by atoms with Crippen molar-refractivity contribution < 1.29 is 9.90 Å². The molecule has 0 aliphatic heterocycles. The lowest BCUT2D eigenvalue weighted by atomic mass is 10.2. The van der Waals surface area contributed by atoms with Crippen LogP contribution in [0.2, 0.25) is 5.02 Å². The topological polar surface area (TPSA) is 49.7 Å². The summed E-state index contributed by atoms with van der Waals surface area (Å²) in [5, 5.41) is 9.33. The summed E-state index contributed by atoms with van der Waals surface area (Å²) in [7, 11) is 0. The summed E-state index contributed by atoms with van der Waals surface area (Å²) in [4.78, 5) is 15.0. The van der Waals surface area contributed by atoms with Gasteiger partial charge in [0.15, 0.2) is 0 Å². The Morgan fingerprint density at radius 3 is 2.60 bits per heavy atom. The molecule has 0 bridgehead atoms. The SMILES string of the molecule is O=C(O)c1ccc(Cl)c(N=C/C=C/c2ccccc2)c1. The fourth-order valence-electron chi connectivity index (χ4n) is 1.59. The predicted molar refractivity (Wildman–Crippen MR) is 82.0 cm³/mol. The number of aliphatic imine (C=N–C) groups is 1. The van der Waals surface area contributed by atoms with E-state index < -0.39 is 5.97 Å². The van der Waals surface area contributed by atoms with E-state index in [-0.39, 0.29) is 5.56 Å². The van der Waals surface area contributed by atoms with E-state index in [1.54, 1.807) is 12.3 Å². The molecule has 0 aromatic heterocycles. The van der Waals surface area contributed by atoms with E-state index >= 15 is 0 Å². The molecule has 0 atom stereocenters. The molecular weight excluding hydrogens is 274 g/mol. The second kappa shape index (κ2) is 6.68. The van der Waals surface area contributed by atoms with E-state index in [0.717, 1.165) is 5.56 Å². The number of benzene rings is 2. The number of hydrogen-bond donors (Lipinski definition) is 1. The fraction of sp³-hybridized carbons (Fsp3) is 0. The van der Waals surface area contributed by atoms with Gasteiger partial charge in [-0.2, -0.15) is 0 Å². The third-order valence-corrected chi connectivity index (χ3v) is 2.90. The molecule has 2 aromatic rings. The minimum atomic E-state index is -1.00. The molecule has 3 nitrogen and oxygen atoms in total. The molecule has 0 radical (unpaired) electrons. The summed E-state index contributed by atoms with van der Waals surface area (Å²) in [6, 6.07) is 14.2. The molecule has 0 saturated heterocycles. The maximum absolute atomic E-state index is 10.9. The first-order valence-corrected chi connectivity index (χ1v) is 6.33. The van der Waals surface area contributed by atoms with Crippen molar-refractivity contribution in [1.82, 2.24) is 0 Å². The van der Waals surface area contributed by atoms with Crippen LogP contribution >= 0.6 is 11.6 Å².